The molecule has 0 radical (unpaired) electrons. The van der Waals surface area contributed by atoms with Gasteiger partial charge in [-0.15, -0.1) is 0 Å². The number of hydrogen-bond donors (Lipinski definition) is 1. The number of esters is 1. The van der Waals surface area contributed by atoms with Crippen LogP contribution in [-0.4, -0.2) is 43.2 Å². The van der Waals surface area contributed by atoms with E-state index in [1.54, 1.807) is 0 Å². The molecule has 110 valence electrons. The molecule has 0 bridgehead atoms. The van der Waals surface area contributed by atoms with Gasteiger partial charge < -0.3 is 10.1 Å². The van der Waals surface area contributed by atoms with E-state index in [4.69, 9.17) is 4.74 Å². The van der Waals surface area contributed by atoms with Crippen molar-refractivity contribution in [3.8, 4) is 0 Å². The van der Waals surface area contributed by atoms with E-state index < -0.39 is 5.54 Å². The van der Waals surface area contributed by atoms with Gasteiger partial charge in [0.2, 0.25) is 0 Å². The fourth-order valence-corrected chi connectivity index (χ4v) is 2.86. The molecule has 0 aliphatic carbocycles. The van der Waals surface area contributed by atoms with E-state index in [1.807, 2.05) is 20.0 Å². The summed E-state index contributed by atoms with van der Waals surface area (Å²) in [6, 6.07) is 10.4. The quantitative estimate of drug-likeness (QED) is 0.833. The first-order valence-corrected chi connectivity index (χ1v) is 7.32. The van der Waals surface area contributed by atoms with E-state index in [0.717, 1.165) is 25.9 Å². The van der Waals surface area contributed by atoms with Gasteiger partial charge in [-0.2, -0.15) is 0 Å². The third-order valence-corrected chi connectivity index (χ3v) is 3.97. The van der Waals surface area contributed by atoms with Crippen molar-refractivity contribution in [2.24, 2.45) is 0 Å². The van der Waals surface area contributed by atoms with Gasteiger partial charge in [0.15, 0.2) is 0 Å². The summed E-state index contributed by atoms with van der Waals surface area (Å²) in [4.78, 5) is 14.6. The lowest BCUT2D eigenvalue weighted by Crippen LogP contribution is -2.61. The smallest absolute Gasteiger partial charge is 0.327 e. The Bertz CT molecular complexity index is 435. The minimum absolute atomic E-state index is 0.125. The number of ether oxygens (including phenoxy) is 1. The van der Waals surface area contributed by atoms with E-state index in [2.05, 4.69) is 34.5 Å². The van der Waals surface area contributed by atoms with Gasteiger partial charge in [0, 0.05) is 13.1 Å². The highest BCUT2D eigenvalue weighted by Crippen LogP contribution is 2.24. The molecule has 4 nitrogen and oxygen atoms in total. The number of likely N-dealkylation sites (N-methyl/N-ethyl adjacent to an activating group) is 1. The SMILES string of the molecule is CCOC(=O)C1(NC)CCCN(Cc2ccccc2)C1. The van der Waals surface area contributed by atoms with Crippen LogP contribution in [0.25, 0.3) is 0 Å². The van der Waals surface area contributed by atoms with Gasteiger partial charge in [-0.3, -0.25) is 4.90 Å². The first kappa shape index (κ1) is 15.0. The van der Waals surface area contributed by atoms with E-state index in [1.165, 1.54) is 5.56 Å². The van der Waals surface area contributed by atoms with Crippen LogP contribution in [0.5, 0.6) is 0 Å². The number of carbonyl (C=O) groups excluding carboxylic acids is 1. The Hall–Kier alpha value is -1.39. The van der Waals surface area contributed by atoms with Gasteiger partial charge in [-0.05, 0) is 38.9 Å². The molecule has 1 fully saturated rings. The molecule has 1 heterocycles. The van der Waals surface area contributed by atoms with Crippen LogP contribution >= 0.6 is 0 Å². The molecule has 0 spiro atoms. The topological polar surface area (TPSA) is 41.6 Å². The molecule has 1 aliphatic rings. The normalized spacial score (nSPS) is 23.5. The number of carbonyl (C=O) groups is 1. The summed E-state index contributed by atoms with van der Waals surface area (Å²) in [6.45, 7) is 4.89. The Balaban J connectivity index is 2.04. The average Bonchev–Trinajstić information content (AvgIpc) is 2.48. The Morgan fingerprint density at radius 2 is 2.15 bits per heavy atom. The molecule has 0 saturated carbocycles. The van der Waals surface area contributed by atoms with Crippen molar-refractivity contribution in [3.63, 3.8) is 0 Å². The van der Waals surface area contributed by atoms with Crippen molar-refractivity contribution in [1.82, 2.24) is 10.2 Å². The number of nitrogens with zero attached hydrogens (tertiary/aromatic N) is 1. The maximum absolute atomic E-state index is 12.2. The molecule has 1 unspecified atom stereocenters. The highest BCUT2D eigenvalue weighted by atomic mass is 16.5. The van der Waals surface area contributed by atoms with Crippen LogP contribution in [0.3, 0.4) is 0 Å². The largest absolute Gasteiger partial charge is 0.465 e. The van der Waals surface area contributed by atoms with Gasteiger partial charge in [-0.25, -0.2) is 4.79 Å². The predicted molar refractivity (Wildman–Crippen MR) is 79.4 cm³/mol. The van der Waals surface area contributed by atoms with Crippen molar-refractivity contribution in [2.45, 2.75) is 31.8 Å². The second-order valence-corrected chi connectivity index (χ2v) is 5.35. The summed E-state index contributed by atoms with van der Waals surface area (Å²) < 4.78 is 5.25. The molecule has 1 aromatic carbocycles. The minimum atomic E-state index is -0.553. The van der Waals surface area contributed by atoms with Crippen LogP contribution in [-0.2, 0) is 16.1 Å². The second kappa shape index (κ2) is 6.86. The zero-order valence-corrected chi connectivity index (χ0v) is 12.4. The van der Waals surface area contributed by atoms with Crippen LogP contribution in [0.4, 0.5) is 0 Å². The Morgan fingerprint density at radius 3 is 2.80 bits per heavy atom. The molecular formula is C16H24N2O2. The highest BCUT2D eigenvalue weighted by Gasteiger charge is 2.42. The van der Waals surface area contributed by atoms with Crippen molar-refractivity contribution in [2.75, 3.05) is 26.7 Å². The Kier molecular flexibility index (Phi) is 5.15. The molecule has 0 amide bonds. The first-order chi connectivity index (χ1) is 9.70. The minimum Gasteiger partial charge on any atom is -0.465 e. The van der Waals surface area contributed by atoms with Gasteiger partial charge in [0.1, 0.15) is 5.54 Å². The monoisotopic (exact) mass is 276 g/mol. The zero-order chi connectivity index (χ0) is 14.4. The molecule has 1 atom stereocenters. The third-order valence-electron chi connectivity index (χ3n) is 3.97. The molecule has 1 N–H and O–H groups in total. The maximum Gasteiger partial charge on any atom is 0.327 e. The standard InChI is InChI=1S/C16H24N2O2/c1-3-20-15(19)16(17-2)10-7-11-18(13-16)12-14-8-5-4-6-9-14/h4-6,8-9,17H,3,7,10-13H2,1-2H3. The zero-order valence-electron chi connectivity index (χ0n) is 12.4. The van der Waals surface area contributed by atoms with E-state index in [9.17, 15) is 4.79 Å². The molecule has 4 heteroatoms. The lowest BCUT2D eigenvalue weighted by Gasteiger charge is -2.40. The summed E-state index contributed by atoms with van der Waals surface area (Å²) in [7, 11) is 1.85. The number of piperidine rings is 1. The molecule has 1 aliphatic heterocycles. The summed E-state index contributed by atoms with van der Waals surface area (Å²) in [5.74, 6) is -0.125. The van der Waals surface area contributed by atoms with Crippen LogP contribution in [0.1, 0.15) is 25.3 Å². The molecule has 2 rings (SSSR count). The first-order valence-electron chi connectivity index (χ1n) is 7.32. The summed E-state index contributed by atoms with van der Waals surface area (Å²) in [6.07, 6.45) is 1.85. The second-order valence-electron chi connectivity index (χ2n) is 5.35. The molecule has 0 aromatic heterocycles. The summed E-state index contributed by atoms with van der Waals surface area (Å²) >= 11 is 0. The van der Waals surface area contributed by atoms with Gasteiger partial charge >= 0.3 is 5.97 Å². The van der Waals surface area contributed by atoms with Crippen molar-refractivity contribution >= 4 is 5.97 Å². The van der Waals surface area contributed by atoms with Gasteiger partial charge in [-0.1, -0.05) is 30.3 Å². The van der Waals surface area contributed by atoms with Crippen LogP contribution < -0.4 is 5.32 Å². The fraction of sp³-hybridized carbons (Fsp3) is 0.562. The maximum atomic E-state index is 12.2. The fourth-order valence-electron chi connectivity index (χ4n) is 2.86. The van der Waals surface area contributed by atoms with E-state index in [-0.39, 0.29) is 5.97 Å². The van der Waals surface area contributed by atoms with Gasteiger partial charge in [0.05, 0.1) is 6.61 Å². The predicted octanol–water partition coefficient (Wildman–Crippen LogP) is 1.80. The van der Waals surface area contributed by atoms with E-state index >= 15 is 0 Å². The number of nitrogens with one attached hydrogen (secondary N) is 1. The third kappa shape index (κ3) is 3.38. The van der Waals surface area contributed by atoms with Crippen molar-refractivity contribution in [1.29, 1.82) is 0 Å². The van der Waals surface area contributed by atoms with Gasteiger partial charge in [0.25, 0.3) is 0 Å². The molecular weight excluding hydrogens is 252 g/mol. The lowest BCUT2D eigenvalue weighted by atomic mass is 9.89. The number of likely N-dealkylation sites (tertiary alicyclic amines) is 1. The molecule has 1 saturated heterocycles. The molecule has 1 aromatic rings. The van der Waals surface area contributed by atoms with Crippen LogP contribution in [0.15, 0.2) is 30.3 Å². The summed E-state index contributed by atoms with van der Waals surface area (Å²) in [5.41, 5.74) is 0.728. The number of rotatable bonds is 5. The number of benzene rings is 1. The van der Waals surface area contributed by atoms with Crippen molar-refractivity contribution < 1.29 is 9.53 Å². The van der Waals surface area contributed by atoms with Crippen molar-refractivity contribution in [3.05, 3.63) is 35.9 Å². The van der Waals surface area contributed by atoms with Crippen LogP contribution in [0.2, 0.25) is 0 Å². The van der Waals surface area contributed by atoms with E-state index in [0.29, 0.717) is 13.2 Å². The lowest BCUT2D eigenvalue weighted by molar-refractivity contribution is -0.153. The average molecular weight is 276 g/mol. The Morgan fingerprint density at radius 1 is 1.40 bits per heavy atom. The van der Waals surface area contributed by atoms with Crippen LogP contribution in [0, 0.1) is 0 Å². The summed E-state index contributed by atoms with van der Waals surface area (Å²) in [5, 5.41) is 3.20. The highest BCUT2D eigenvalue weighted by molar-refractivity contribution is 5.81. The number of hydrogen-bond acceptors (Lipinski definition) is 4. The Labute approximate surface area is 121 Å². The molecule has 20 heavy (non-hydrogen) atoms.